The zero-order valence-electron chi connectivity index (χ0n) is 15.0. The summed E-state index contributed by atoms with van der Waals surface area (Å²) in [6.07, 6.45) is -4.51. The average Bonchev–Trinajstić information content (AvgIpc) is 2.46. The molecule has 0 unspecified atom stereocenters. The summed E-state index contributed by atoms with van der Waals surface area (Å²) >= 11 is 5.82. The Balaban J connectivity index is 2.51. The Morgan fingerprint density at radius 3 is 2.33 bits per heavy atom. The molecule has 2 heterocycles. The van der Waals surface area contributed by atoms with E-state index < -0.39 is 18.2 Å². The lowest BCUT2D eigenvalue weighted by molar-refractivity contribution is -0.138. The van der Waals surface area contributed by atoms with Crippen molar-refractivity contribution in [1.29, 1.82) is 0 Å². The van der Waals surface area contributed by atoms with Gasteiger partial charge in [-0.1, -0.05) is 17.7 Å². The maximum absolute atomic E-state index is 12.8. The van der Waals surface area contributed by atoms with E-state index in [9.17, 15) is 13.2 Å². The number of halogens is 4. The summed E-state index contributed by atoms with van der Waals surface area (Å²) in [4.78, 5) is 15.8. The Hall–Kier alpha value is -2.16. The molecule has 0 aliphatic rings. The van der Waals surface area contributed by atoms with Crippen LogP contribution in [0.2, 0.25) is 5.15 Å². The SMILES string of the molecule is [2H]c1ccc(Cl)nc1-c1nc(N[C@H](C)C(F)(F)F)nc(NC([2H])(C)C)n1. The highest BCUT2D eigenvalue weighted by atomic mass is 35.5. The summed E-state index contributed by atoms with van der Waals surface area (Å²) < 4.78 is 54.2. The first-order valence-corrected chi connectivity index (χ1v) is 7.24. The number of nitrogens with zero attached hydrogens (tertiary/aromatic N) is 4. The highest BCUT2D eigenvalue weighted by molar-refractivity contribution is 6.29. The van der Waals surface area contributed by atoms with Crippen LogP contribution < -0.4 is 10.6 Å². The Morgan fingerprint density at radius 1 is 1.12 bits per heavy atom. The summed E-state index contributed by atoms with van der Waals surface area (Å²) in [5.74, 6) is -0.642. The summed E-state index contributed by atoms with van der Waals surface area (Å²) in [7, 11) is 0. The third-order valence-corrected chi connectivity index (χ3v) is 2.92. The van der Waals surface area contributed by atoms with E-state index in [0.29, 0.717) is 0 Å². The van der Waals surface area contributed by atoms with Gasteiger partial charge in [0.15, 0.2) is 5.82 Å². The molecule has 0 saturated carbocycles. The predicted molar refractivity (Wildman–Crippen MR) is 86.0 cm³/mol. The molecule has 0 amide bonds. The highest BCUT2D eigenvalue weighted by Crippen LogP contribution is 2.24. The smallest absolute Gasteiger partial charge is 0.352 e. The van der Waals surface area contributed by atoms with Crippen LogP contribution in [0.5, 0.6) is 0 Å². The van der Waals surface area contributed by atoms with Crippen LogP contribution in [0.25, 0.3) is 11.5 Å². The Labute approximate surface area is 144 Å². The number of pyridine rings is 1. The van der Waals surface area contributed by atoms with Crippen LogP contribution >= 0.6 is 11.6 Å². The summed E-state index contributed by atoms with van der Waals surface area (Å²) in [6.45, 7) is 3.93. The quantitative estimate of drug-likeness (QED) is 0.788. The van der Waals surface area contributed by atoms with Gasteiger partial charge in [0.05, 0.1) is 2.74 Å². The third-order valence-electron chi connectivity index (χ3n) is 2.71. The van der Waals surface area contributed by atoms with E-state index >= 15 is 0 Å². The van der Waals surface area contributed by atoms with Crippen LogP contribution in [0.1, 0.15) is 23.5 Å². The fourth-order valence-electron chi connectivity index (χ4n) is 1.58. The molecular weight excluding hydrogens is 345 g/mol. The minimum atomic E-state index is -4.51. The van der Waals surface area contributed by atoms with Crippen molar-refractivity contribution in [3.63, 3.8) is 0 Å². The van der Waals surface area contributed by atoms with Crippen molar-refractivity contribution < 1.29 is 15.9 Å². The minimum absolute atomic E-state index is 0.0200. The average molecular weight is 363 g/mol. The van der Waals surface area contributed by atoms with Crippen LogP contribution in [0.4, 0.5) is 25.1 Å². The molecule has 2 aromatic rings. The van der Waals surface area contributed by atoms with Crippen molar-refractivity contribution in [1.82, 2.24) is 19.9 Å². The molecule has 1 atom stereocenters. The molecule has 2 aromatic heterocycles. The van der Waals surface area contributed by atoms with Gasteiger partial charge >= 0.3 is 6.18 Å². The van der Waals surface area contributed by atoms with Crippen molar-refractivity contribution in [3.8, 4) is 11.5 Å². The molecule has 130 valence electrons. The first-order chi connectivity index (χ1) is 11.8. The number of alkyl halides is 3. The van der Waals surface area contributed by atoms with Crippen LogP contribution in [-0.2, 0) is 0 Å². The van der Waals surface area contributed by atoms with Crippen LogP contribution in [0.15, 0.2) is 18.2 Å². The molecule has 0 saturated heterocycles. The lowest BCUT2D eigenvalue weighted by Crippen LogP contribution is -2.34. The van der Waals surface area contributed by atoms with E-state index in [4.69, 9.17) is 14.3 Å². The summed E-state index contributed by atoms with van der Waals surface area (Å²) in [5.41, 5.74) is -0.0200. The molecule has 6 nitrogen and oxygen atoms in total. The highest BCUT2D eigenvalue weighted by Gasteiger charge is 2.36. The molecule has 0 aromatic carbocycles. The van der Waals surface area contributed by atoms with Gasteiger partial charge in [-0.2, -0.15) is 28.1 Å². The number of hydrogen-bond acceptors (Lipinski definition) is 6. The number of nitrogens with one attached hydrogen (secondary N) is 2. The Kier molecular flexibility index (Phi) is 4.59. The van der Waals surface area contributed by atoms with E-state index in [1.54, 1.807) is 0 Å². The molecule has 10 heteroatoms. The second-order valence-corrected chi connectivity index (χ2v) is 5.49. The van der Waals surface area contributed by atoms with Gasteiger partial charge in [-0.25, -0.2) is 4.98 Å². The maximum Gasteiger partial charge on any atom is 0.408 e. The van der Waals surface area contributed by atoms with Crippen molar-refractivity contribution in [2.75, 3.05) is 10.6 Å². The zero-order chi connectivity index (χ0) is 19.7. The fourth-order valence-corrected chi connectivity index (χ4v) is 1.73. The third kappa shape index (κ3) is 4.92. The predicted octanol–water partition coefficient (Wildman–Crippen LogP) is 3.77. The van der Waals surface area contributed by atoms with E-state index in [2.05, 4.69) is 30.6 Å². The molecule has 2 N–H and O–H groups in total. The largest absolute Gasteiger partial charge is 0.408 e. The van der Waals surface area contributed by atoms with Crippen molar-refractivity contribution in [2.45, 2.75) is 39.0 Å². The molecule has 0 radical (unpaired) electrons. The van der Waals surface area contributed by atoms with Crippen molar-refractivity contribution >= 4 is 23.5 Å². The van der Waals surface area contributed by atoms with E-state index in [-0.39, 0.29) is 34.6 Å². The van der Waals surface area contributed by atoms with Crippen molar-refractivity contribution in [2.24, 2.45) is 0 Å². The van der Waals surface area contributed by atoms with Crippen LogP contribution in [0.3, 0.4) is 0 Å². The monoisotopic (exact) mass is 362 g/mol. The number of rotatable bonds is 5. The number of hydrogen-bond donors (Lipinski definition) is 2. The number of aromatic nitrogens is 4. The zero-order valence-corrected chi connectivity index (χ0v) is 13.8. The molecule has 2 rings (SSSR count). The van der Waals surface area contributed by atoms with Gasteiger partial charge in [0, 0.05) is 6.02 Å². The lowest BCUT2D eigenvalue weighted by Gasteiger charge is -2.18. The van der Waals surface area contributed by atoms with Crippen LogP contribution in [0, 0.1) is 0 Å². The molecule has 0 aliphatic carbocycles. The second-order valence-electron chi connectivity index (χ2n) is 5.10. The van der Waals surface area contributed by atoms with Crippen molar-refractivity contribution in [3.05, 3.63) is 23.3 Å². The second kappa shape index (κ2) is 7.16. The van der Waals surface area contributed by atoms with Crippen LogP contribution in [-0.4, -0.2) is 38.2 Å². The molecule has 0 bridgehead atoms. The normalized spacial score (nSPS) is 14.6. The van der Waals surface area contributed by atoms with Gasteiger partial charge in [-0.15, -0.1) is 0 Å². The molecule has 0 fully saturated rings. The van der Waals surface area contributed by atoms with Gasteiger partial charge in [-0.05, 0) is 32.9 Å². The molecule has 24 heavy (non-hydrogen) atoms. The molecule has 0 spiro atoms. The first kappa shape index (κ1) is 15.4. The Bertz CT molecular complexity index is 797. The summed E-state index contributed by atoms with van der Waals surface area (Å²) in [6, 6.07) is -0.423. The Morgan fingerprint density at radius 2 is 1.75 bits per heavy atom. The van der Waals surface area contributed by atoms with E-state index in [1.165, 1.54) is 26.0 Å². The lowest BCUT2D eigenvalue weighted by atomic mass is 10.3. The molecule has 0 aliphatic heterocycles. The topological polar surface area (TPSA) is 75.6 Å². The van der Waals surface area contributed by atoms with Gasteiger partial charge in [0.25, 0.3) is 0 Å². The minimum Gasteiger partial charge on any atom is -0.352 e. The van der Waals surface area contributed by atoms with Gasteiger partial charge in [0.1, 0.15) is 16.9 Å². The van der Waals surface area contributed by atoms with E-state index in [0.717, 1.165) is 6.92 Å². The fraction of sp³-hybridized carbons (Fsp3) is 0.429. The summed E-state index contributed by atoms with van der Waals surface area (Å²) in [5, 5.41) is 4.85. The van der Waals surface area contributed by atoms with E-state index in [1.807, 2.05) is 0 Å². The molecular formula is C14H16ClF3N6. The van der Waals surface area contributed by atoms with Gasteiger partial charge in [0.2, 0.25) is 11.9 Å². The standard InChI is InChI=1S/C14H16ClF3N6/c1-7(2)19-12-22-11(9-5-4-6-10(15)21-9)23-13(24-12)20-8(3)14(16,17)18/h4-8H,1-3H3,(H2,19,20,22,23,24)/t8-/m1/s1/i5D,7D. The maximum atomic E-state index is 12.8. The van der Waals surface area contributed by atoms with Gasteiger partial charge < -0.3 is 10.6 Å². The van der Waals surface area contributed by atoms with Gasteiger partial charge in [-0.3, -0.25) is 0 Å². The number of anilines is 2. The first-order valence-electron chi connectivity index (χ1n) is 7.86.